The molecule has 0 aliphatic heterocycles. The molecule has 0 saturated heterocycles. The van der Waals surface area contributed by atoms with E-state index >= 15 is 0 Å². The molecule has 20 heavy (non-hydrogen) atoms. The maximum Gasteiger partial charge on any atom is 0.191 e. The molecule has 0 aliphatic carbocycles. The number of thiocarbonyl (C=S) groups is 1. The largest absolute Gasteiger partial charge is 0.329 e. The zero-order valence-corrected chi connectivity index (χ0v) is 12.7. The van der Waals surface area contributed by atoms with Crippen molar-refractivity contribution >= 4 is 45.2 Å². The van der Waals surface area contributed by atoms with Crippen LogP contribution in [0.5, 0.6) is 0 Å². The SMILES string of the molecule is Fc1ccccc1NC(=S)NN=Cc1ccccc1Br. The van der Waals surface area contributed by atoms with Crippen molar-refractivity contribution in [2.24, 2.45) is 5.10 Å². The molecule has 0 amide bonds. The molecule has 0 fully saturated rings. The van der Waals surface area contributed by atoms with Gasteiger partial charge in [-0.25, -0.2) is 4.39 Å². The van der Waals surface area contributed by atoms with Crippen LogP contribution in [-0.4, -0.2) is 11.3 Å². The van der Waals surface area contributed by atoms with Crippen LogP contribution >= 0.6 is 28.1 Å². The fourth-order valence-electron chi connectivity index (χ4n) is 1.45. The second kappa shape index (κ2) is 7.12. The van der Waals surface area contributed by atoms with Crippen LogP contribution in [0.4, 0.5) is 10.1 Å². The van der Waals surface area contributed by atoms with Gasteiger partial charge in [-0.3, -0.25) is 5.43 Å². The molecule has 0 spiro atoms. The summed E-state index contributed by atoms with van der Waals surface area (Å²) in [4.78, 5) is 0. The van der Waals surface area contributed by atoms with Crippen LogP contribution in [0.15, 0.2) is 58.1 Å². The van der Waals surface area contributed by atoms with E-state index < -0.39 is 0 Å². The molecular weight excluding hydrogens is 341 g/mol. The third kappa shape index (κ3) is 4.11. The van der Waals surface area contributed by atoms with Crippen LogP contribution in [0.25, 0.3) is 0 Å². The Balaban J connectivity index is 1.93. The van der Waals surface area contributed by atoms with Gasteiger partial charge in [0.25, 0.3) is 0 Å². The Labute approximate surface area is 130 Å². The molecule has 0 heterocycles. The first-order valence-electron chi connectivity index (χ1n) is 5.76. The van der Waals surface area contributed by atoms with Gasteiger partial charge in [-0.15, -0.1) is 0 Å². The Morgan fingerprint density at radius 3 is 2.60 bits per heavy atom. The van der Waals surface area contributed by atoms with Gasteiger partial charge in [0, 0.05) is 10.0 Å². The first-order chi connectivity index (χ1) is 9.66. The smallest absolute Gasteiger partial charge is 0.191 e. The Kier molecular flexibility index (Phi) is 5.20. The molecule has 102 valence electrons. The fourth-order valence-corrected chi connectivity index (χ4v) is 2.00. The minimum absolute atomic E-state index is 0.221. The van der Waals surface area contributed by atoms with Gasteiger partial charge >= 0.3 is 0 Å². The van der Waals surface area contributed by atoms with Crippen LogP contribution in [0, 0.1) is 5.82 Å². The van der Waals surface area contributed by atoms with E-state index in [1.165, 1.54) is 6.07 Å². The van der Waals surface area contributed by atoms with Gasteiger partial charge in [-0.05, 0) is 30.4 Å². The molecule has 0 aliphatic rings. The highest BCUT2D eigenvalue weighted by atomic mass is 79.9. The van der Waals surface area contributed by atoms with Crippen LogP contribution < -0.4 is 10.7 Å². The molecule has 2 N–H and O–H groups in total. The number of anilines is 1. The van der Waals surface area contributed by atoms with Crippen molar-refractivity contribution in [3.8, 4) is 0 Å². The van der Waals surface area contributed by atoms with Gasteiger partial charge in [0.05, 0.1) is 11.9 Å². The van der Waals surface area contributed by atoms with Crippen LogP contribution in [0.2, 0.25) is 0 Å². The number of nitrogens with one attached hydrogen (secondary N) is 2. The van der Waals surface area contributed by atoms with Gasteiger partial charge in [-0.2, -0.15) is 5.10 Å². The first-order valence-corrected chi connectivity index (χ1v) is 6.96. The molecule has 0 saturated carbocycles. The Hall–Kier alpha value is -1.79. The Bertz CT molecular complexity index is 646. The lowest BCUT2D eigenvalue weighted by Gasteiger charge is -2.07. The minimum atomic E-state index is -0.369. The predicted molar refractivity (Wildman–Crippen MR) is 87.5 cm³/mol. The molecule has 0 atom stereocenters. The van der Waals surface area contributed by atoms with E-state index in [4.69, 9.17) is 12.2 Å². The predicted octanol–water partition coefficient (Wildman–Crippen LogP) is 3.91. The maximum atomic E-state index is 13.4. The van der Waals surface area contributed by atoms with Crippen LogP contribution in [0.3, 0.4) is 0 Å². The molecule has 0 unspecified atom stereocenters. The lowest BCUT2D eigenvalue weighted by atomic mass is 10.2. The number of hydrogen-bond acceptors (Lipinski definition) is 2. The third-order valence-corrected chi connectivity index (χ3v) is 3.31. The molecule has 3 nitrogen and oxygen atoms in total. The molecule has 6 heteroatoms. The molecule has 0 radical (unpaired) electrons. The fraction of sp³-hybridized carbons (Fsp3) is 0. The van der Waals surface area contributed by atoms with E-state index in [1.807, 2.05) is 24.3 Å². The number of hydrogen-bond donors (Lipinski definition) is 2. The number of benzene rings is 2. The van der Waals surface area contributed by atoms with E-state index in [0.29, 0.717) is 5.69 Å². The highest BCUT2D eigenvalue weighted by Gasteiger charge is 2.01. The zero-order valence-electron chi connectivity index (χ0n) is 10.3. The van der Waals surface area contributed by atoms with Gasteiger partial charge < -0.3 is 5.32 Å². The number of nitrogens with zero attached hydrogens (tertiary/aromatic N) is 1. The zero-order chi connectivity index (χ0) is 14.4. The van der Waals surface area contributed by atoms with Crippen LogP contribution in [0.1, 0.15) is 5.56 Å². The number of para-hydroxylation sites is 1. The second-order valence-electron chi connectivity index (χ2n) is 3.83. The maximum absolute atomic E-state index is 13.4. The van der Waals surface area contributed by atoms with Crippen molar-refractivity contribution in [1.29, 1.82) is 0 Å². The van der Waals surface area contributed by atoms with Gasteiger partial charge in [0.1, 0.15) is 5.82 Å². The topological polar surface area (TPSA) is 36.4 Å². The summed E-state index contributed by atoms with van der Waals surface area (Å²) in [7, 11) is 0. The normalized spacial score (nSPS) is 10.5. The van der Waals surface area contributed by atoms with Crippen molar-refractivity contribution in [2.75, 3.05) is 5.32 Å². The summed E-state index contributed by atoms with van der Waals surface area (Å²) in [6.45, 7) is 0. The summed E-state index contributed by atoms with van der Waals surface area (Å²) >= 11 is 8.44. The molecular formula is C14H11BrFN3S. The van der Waals surface area contributed by atoms with Gasteiger partial charge in [-0.1, -0.05) is 46.3 Å². The van der Waals surface area contributed by atoms with Gasteiger partial charge in [0.15, 0.2) is 5.11 Å². The van der Waals surface area contributed by atoms with E-state index in [1.54, 1.807) is 24.4 Å². The average Bonchev–Trinajstić information content (AvgIpc) is 2.43. The van der Waals surface area contributed by atoms with E-state index in [9.17, 15) is 4.39 Å². The van der Waals surface area contributed by atoms with E-state index in [0.717, 1.165) is 10.0 Å². The Morgan fingerprint density at radius 1 is 1.15 bits per heavy atom. The number of halogens is 2. The number of hydrazone groups is 1. The van der Waals surface area contributed by atoms with E-state index in [-0.39, 0.29) is 10.9 Å². The van der Waals surface area contributed by atoms with Crippen LogP contribution in [-0.2, 0) is 0 Å². The Morgan fingerprint density at radius 2 is 1.85 bits per heavy atom. The second-order valence-corrected chi connectivity index (χ2v) is 5.09. The summed E-state index contributed by atoms with van der Waals surface area (Å²) < 4.78 is 14.3. The third-order valence-electron chi connectivity index (χ3n) is 2.40. The summed E-state index contributed by atoms with van der Waals surface area (Å²) in [5.41, 5.74) is 3.85. The monoisotopic (exact) mass is 351 g/mol. The summed E-state index contributed by atoms with van der Waals surface area (Å²) in [6.07, 6.45) is 1.62. The van der Waals surface area contributed by atoms with Crippen molar-refractivity contribution in [2.45, 2.75) is 0 Å². The molecule has 2 rings (SSSR count). The van der Waals surface area contributed by atoms with Gasteiger partial charge in [0.2, 0.25) is 0 Å². The number of rotatable bonds is 3. The molecule has 0 aromatic heterocycles. The molecule has 2 aromatic rings. The quantitative estimate of drug-likeness (QED) is 0.500. The average molecular weight is 352 g/mol. The summed E-state index contributed by atoms with van der Waals surface area (Å²) in [5, 5.41) is 6.95. The van der Waals surface area contributed by atoms with Crippen molar-refractivity contribution in [3.05, 3.63) is 64.4 Å². The van der Waals surface area contributed by atoms with Crippen molar-refractivity contribution in [3.63, 3.8) is 0 Å². The lowest BCUT2D eigenvalue weighted by Crippen LogP contribution is -2.24. The summed E-state index contributed by atoms with van der Waals surface area (Å²) in [5.74, 6) is -0.369. The summed E-state index contributed by atoms with van der Waals surface area (Å²) in [6, 6.07) is 13.9. The van der Waals surface area contributed by atoms with Crippen molar-refractivity contribution in [1.82, 2.24) is 5.43 Å². The highest BCUT2D eigenvalue weighted by molar-refractivity contribution is 9.10. The van der Waals surface area contributed by atoms with Crippen molar-refractivity contribution < 1.29 is 4.39 Å². The van der Waals surface area contributed by atoms with E-state index in [2.05, 4.69) is 31.8 Å². The highest BCUT2D eigenvalue weighted by Crippen LogP contribution is 2.13. The molecule has 0 bridgehead atoms. The lowest BCUT2D eigenvalue weighted by molar-refractivity contribution is 0.632. The first kappa shape index (κ1) is 14.6. The standard InChI is InChI=1S/C14H11BrFN3S/c15-11-6-2-1-5-10(11)9-17-19-14(20)18-13-8-4-3-7-12(13)16/h1-9H,(H2,18,19,20). The molecule has 2 aromatic carbocycles. The minimum Gasteiger partial charge on any atom is -0.329 e.